The number of halogens is 2. The van der Waals surface area contributed by atoms with Gasteiger partial charge in [-0.3, -0.25) is 19.3 Å². The summed E-state index contributed by atoms with van der Waals surface area (Å²) in [5.41, 5.74) is 4.59. The van der Waals surface area contributed by atoms with E-state index in [1.165, 1.54) is 0 Å². The van der Waals surface area contributed by atoms with E-state index in [0.29, 0.717) is 5.69 Å². The van der Waals surface area contributed by atoms with E-state index < -0.39 is 45.3 Å². The molecule has 3 amide bonds. The highest BCUT2D eigenvalue weighted by Crippen LogP contribution is 2.69. The summed E-state index contributed by atoms with van der Waals surface area (Å²) >= 11 is 15.0. The van der Waals surface area contributed by atoms with Gasteiger partial charge in [0, 0.05) is 5.69 Å². The van der Waals surface area contributed by atoms with Gasteiger partial charge in [0.1, 0.15) is 15.8 Å². The predicted molar refractivity (Wildman–Crippen MR) is 148 cm³/mol. The van der Waals surface area contributed by atoms with Crippen LogP contribution in [0.3, 0.4) is 0 Å². The van der Waals surface area contributed by atoms with Crippen LogP contribution in [0.5, 0.6) is 0 Å². The van der Waals surface area contributed by atoms with E-state index in [1.54, 1.807) is 0 Å². The standard InChI is InChI=1S/C31H28Cl2N2O3/c1-4-18-11-5-10-16-23(18)34-27(36)26(17(2)3)35-28(37)24-25(29(35)38)31(33)20-13-7-6-12-19(20)30(24,32)21-14-8-9-15-22(21)31/h5-17,24-26H,4H2,1-3H3,(H,34,36)/t24-,25-,26+,30?,31?/m1/s1. The maximum atomic E-state index is 14.3. The molecular weight excluding hydrogens is 519 g/mol. The van der Waals surface area contributed by atoms with Crippen molar-refractivity contribution < 1.29 is 14.4 Å². The van der Waals surface area contributed by atoms with Gasteiger partial charge in [-0.15, -0.1) is 23.2 Å². The molecule has 7 rings (SSSR count). The lowest BCUT2D eigenvalue weighted by molar-refractivity contribution is -0.148. The lowest BCUT2D eigenvalue weighted by atomic mass is 9.54. The van der Waals surface area contributed by atoms with Gasteiger partial charge in [0.05, 0.1) is 11.8 Å². The maximum Gasteiger partial charge on any atom is 0.247 e. The van der Waals surface area contributed by atoms with Crippen molar-refractivity contribution in [2.75, 3.05) is 5.32 Å². The van der Waals surface area contributed by atoms with Gasteiger partial charge in [-0.05, 0) is 46.2 Å². The lowest BCUT2D eigenvalue weighted by Crippen LogP contribution is -2.57. The summed E-state index contributed by atoms with van der Waals surface area (Å²) in [4.78, 5) is 41.0. The van der Waals surface area contributed by atoms with Gasteiger partial charge in [0.25, 0.3) is 0 Å². The fraction of sp³-hybridized carbons (Fsp3) is 0.323. The third-order valence-electron chi connectivity index (χ3n) is 8.45. The van der Waals surface area contributed by atoms with E-state index in [9.17, 15) is 14.4 Å². The number of likely N-dealkylation sites (tertiary alicyclic amines) is 1. The Morgan fingerprint density at radius 2 is 1.24 bits per heavy atom. The smallest absolute Gasteiger partial charge is 0.247 e. The second kappa shape index (κ2) is 8.69. The molecule has 0 aromatic heterocycles. The number of anilines is 1. The zero-order chi connectivity index (χ0) is 27.0. The van der Waals surface area contributed by atoms with E-state index in [2.05, 4.69) is 5.32 Å². The average Bonchev–Trinajstić information content (AvgIpc) is 3.18. The number of imide groups is 1. The number of hydrogen-bond acceptors (Lipinski definition) is 3. The number of nitrogens with one attached hydrogen (secondary N) is 1. The van der Waals surface area contributed by atoms with Gasteiger partial charge in [-0.2, -0.15) is 0 Å². The van der Waals surface area contributed by atoms with Crippen molar-refractivity contribution in [3.8, 4) is 0 Å². The molecule has 38 heavy (non-hydrogen) atoms. The largest absolute Gasteiger partial charge is 0.324 e. The summed E-state index contributed by atoms with van der Waals surface area (Å²) in [6.45, 7) is 5.68. The Morgan fingerprint density at radius 3 is 1.66 bits per heavy atom. The molecule has 1 aliphatic heterocycles. The maximum absolute atomic E-state index is 14.3. The monoisotopic (exact) mass is 546 g/mol. The van der Waals surface area contributed by atoms with Crippen molar-refractivity contribution >= 4 is 46.6 Å². The predicted octanol–water partition coefficient (Wildman–Crippen LogP) is 5.81. The minimum absolute atomic E-state index is 0.336. The highest BCUT2D eigenvalue weighted by Gasteiger charge is 2.73. The molecule has 1 fully saturated rings. The lowest BCUT2D eigenvalue weighted by Gasteiger charge is -2.54. The Balaban J connectivity index is 1.48. The van der Waals surface area contributed by atoms with Gasteiger partial charge < -0.3 is 5.32 Å². The molecule has 5 nitrogen and oxygen atoms in total. The number of benzene rings is 3. The number of amides is 3. The van der Waals surface area contributed by atoms with Crippen LogP contribution in [-0.4, -0.2) is 28.7 Å². The van der Waals surface area contributed by atoms with Gasteiger partial charge in [0.2, 0.25) is 17.7 Å². The molecule has 3 atom stereocenters. The average molecular weight is 547 g/mol. The quantitative estimate of drug-likeness (QED) is 0.324. The molecule has 0 radical (unpaired) electrons. The van der Waals surface area contributed by atoms with Crippen LogP contribution < -0.4 is 5.32 Å². The van der Waals surface area contributed by atoms with Crippen LogP contribution in [0.4, 0.5) is 5.69 Å². The SMILES string of the molecule is CCc1ccccc1NC(=O)[C@H](C(C)C)N1C(=O)[C@H]2[C@H](C1=O)C1(Cl)c3ccccc3C2(Cl)c2ccccc21. The summed E-state index contributed by atoms with van der Waals surface area (Å²) in [6.07, 6.45) is 0.731. The fourth-order valence-corrected chi connectivity index (χ4v) is 7.94. The molecule has 3 aliphatic carbocycles. The number of aryl methyl sites for hydroxylation is 1. The zero-order valence-electron chi connectivity index (χ0n) is 21.4. The molecule has 7 heteroatoms. The Kier molecular flexibility index (Phi) is 5.75. The minimum atomic E-state index is -1.27. The van der Waals surface area contributed by atoms with Crippen molar-refractivity contribution in [3.63, 3.8) is 0 Å². The van der Waals surface area contributed by atoms with E-state index in [-0.39, 0.29) is 5.92 Å². The van der Waals surface area contributed by atoms with Gasteiger partial charge in [-0.25, -0.2) is 0 Å². The zero-order valence-corrected chi connectivity index (χ0v) is 22.9. The molecule has 0 spiro atoms. The van der Waals surface area contributed by atoms with E-state index in [4.69, 9.17) is 23.2 Å². The summed E-state index contributed by atoms with van der Waals surface area (Å²) in [7, 11) is 0. The number of nitrogens with zero attached hydrogens (tertiary/aromatic N) is 1. The molecule has 0 saturated carbocycles. The van der Waals surface area contributed by atoms with Gasteiger partial charge >= 0.3 is 0 Å². The van der Waals surface area contributed by atoms with Crippen LogP contribution in [0.1, 0.15) is 48.6 Å². The van der Waals surface area contributed by atoms with Crippen molar-refractivity contribution in [1.29, 1.82) is 0 Å². The summed E-state index contributed by atoms with van der Waals surface area (Å²) in [6, 6.07) is 21.6. The van der Waals surface area contributed by atoms with Crippen LogP contribution in [-0.2, 0) is 30.6 Å². The molecule has 4 aliphatic rings. The molecule has 1 saturated heterocycles. The summed E-state index contributed by atoms with van der Waals surface area (Å²) < 4.78 is 0. The molecule has 2 bridgehead atoms. The number of para-hydroxylation sites is 1. The number of alkyl halides is 2. The Bertz CT molecular complexity index is 1380. The van der Waals surface area contributed by atoms with Gasteiger partial charge in [0.15, 0.2) is 0 Å². The molecular formula is C31H28Cl2N2O3. The first-order valence-electron chi connectivity index (χ1n) is 13.0. The number of carbonyl (C=O) groups excluding carboxylic acids is 3. The van der Waals surface area contributed by atoms with E-state index >= 15 is 0 Å². The van der Waals surface area contributed by atoms with Crippen LogP contribution in [0.2, 0.25) is 0 Å². The Hall–Kier alpha value is -3.15. The Labute approximate surface area is 232 Å². The normalized spacial score (nSPS) is 27.7. The van der Waals surface area contributed by atoms with Crippen molar-refractivity contribution in [2.45, 2.75) is 43.0 Å². The van der Waals surface area contributed by atoms with E-state index in [0.717, 1.165) is 39.1 Å². The van der Waals surface area contributed by atoms with Crippen molar-refractivity contribution in [2.24, 2.45) is 17.8 Å². The highest BCUT2D eigenvalue weighted by molar-refractivity contribution is 6.36. The van der Waals surface area contributed by atoms with E-state index in [1.807, 2.05) is 93.6 Å². The molecule has 0 unspecified atom stereocenters. The highest BCUT2D eigenvalue weighted by atomic mass is 35.5. The van der Waals surface area contributed by atoms with Crippen molar-refractivity contribution in [3.05, 3.63) is 101 Å². The number of rotatable bonds is 5. The van der Waals surface area contributed by atoms with Crippen LogP contribution >= 0.6 is 23.2 Å². The van der Waals surface area contributed by atoms with Crippen molar-refractivity contribution in [1.82, 2.24) is 4.90 Å². The first kappa shape index (κ1) is 25.1. The molecule has 194 valence electrons. The Morgan fingerprint density at radius 1 is 0.816 bits per heavy atom. The molecule has 1 N–H and O–H groups in total. The first-order valence-corrected chi connectivity index (χ1v) is 13.8. The minimum Gasteiger partial charge on any atom is -0.324 e. The second-order valence-electron chi connectivity index (χ2n) is 10.7. The second-order valence-corrected chi connectivity index (χ2v) is 11.9. The summed E-state index contributed by atoms with van der Waals surface area (Å²) in [5.74, 6) is -3.53. The number of hydrogen-bond donors (Lipinski definition) is 1. The van der Waals surface area contributed by atoms with Crippen LogP contribution in [0.25, 0.3) is 0 Å². The summed E-state index contributed by atoms with van der Waals surface area (Å²) in [5, 5.41) is 2.98. The third kappa shape index (κ3) is 3.09. The molecule has 1 heterocycles. The topological polar surface area (TPSA) is 66.5 Å². The number of carbonyl (C=O) groups is 3. The van der Waals surface area contributed by atoms with Crippen LogP contribution in [0.15, 0.2) is 72.8 Å². The van der Waals surface area contributed by atoms with Crippen LogP contribution in [0, 0.1) is 17.8 Å². The molecule has 3 aromatic rings. The fourth-order valence-electron chi connectivity index (χ4n) is 6.84. The molecule has 3 aromatic carbocycles. The first-order chi connectivity index (χ1) is 18.2. The third-order valence-corrected chi connectivity index (χ3v) is 9.74. The van der Waals surface area contributed by atoms with Gasteiger partial charge in [-0.1, -0.05) is 87.5 Å².